The smallest absolute Gasteiger partial charge is 0.103 e. The first kappa shape index (κ1) is 12.8. The lowest BCUT2D eigenvalue weighted by Gasteiger charge is -2.27. The molecular weight excluding hydrogens is 254 g/mol. The molecule has 0 bridgehead atoms. The van der Waals surface area contributed by atoms with Crippen LogP contribution in [0, 0.1) is 0 Å². The monoisotopic (exact) mass is 273 g/mol. The number of benzene rings is 1. The summed E-state index contributed by atoms with van der Waals surface area (Å²) in [5.41, 5.74) is 1.46. The number of aromatic nitrogens is 1. The third-order valence-electron chi connectivity index (χ3n) is 4.13. The number of hydrogen-bond donors (Lipinski definition) is 1. The second-order valence-electron chi connectivity index (χ2n) is 5.40. The van der Waals surface area contributed by atoms with Gasteiger partial charge >= 0.3 is 0 Å². The van der Waals surface area contributed by atoms with Crippen LogP contribution < -0.4 is 0 Å². The summed E-state index contributed by atoms with van der Waals surface area (Å²) in [6.45, 7) is 1.81. The molecule has 19 heavy (non-hydrogen) atoms. The van der Waals surface area contributed by atoms with E-state index in [1.165, 1.54) is 36.3 Å². The molecule has 1 aliphatic rings. The number of nitrogens with zero attached hydrogens (tertiary/aromatic N) is 1. The molecule has 0 saturated heterocycles. The van der Waals surface area contributed by atoms with Gasteiger partial charge in [0.25, 0.3) is 0 Å². The van der Waals surface area contributed by atoms with Crippen molar-refractivity contribution in [1.82, 2.24) is 4.98 Å². The summed E-state index contributed by atoms with van der Waals surface area (Å²) in [4.78, 5) is 5.60. The first-order valence-electron chi connectivity index (χ1n) is 6.92. The average molecular weight is 273 g/mol. The van der Waals surface area contributed by atoms with Crippen LogP contribution in [0.15, 0.2) is 36.5 Å². The van der Waals surface area contributed by atoms with Crippen LogP contribution in [0.25, 0.3) is 0 Å². The summed E-state index contributed by atoms with van der Waals surface area (Å²) in [5, 5.41) is 10.9. The SMILES string of the molecule is CC(O)c1cnc(C2(c3ccccc3)CCCC2)s1. The van der Waals surface area contributed by atoms with Gasteiger partial charge in [0.05, 0.1) is 11.0 Å². The maximum atomic E-state index is 9.70. The van der Waals surface area contributed by atoms with Crippen LogP contribution in [0.1, 0.15) is 54.2 Å². The highest BCUT2D eigenvalue weighted by Crippen LogP contribution is 2.47. The van der Waals surface area contributed by atoms with Gasteiger partial charge in [0.1, 0.15) is 5.01 Å². The molecule has 1 aliphatic carbocycles. The van der Waals surface area contributed by atoms with Crippen molar-refractivity contribution in [2.45, 2.75) is 44.1 Å². The van der Waals surface area contributed by atoms with E-state index in [9.17, 15) is 5.11 Å². The fraction of sp³-hybridized carbons (Fsp3) is 0.438. The number of aliphatic hydroxyl groups excluding tert-OH is 1. The van der Waals surface area contributed by atoms with Gasteiger partial charge in [-0.05, 0) is 25.3 Å². The van der Waals surface area contributed by atoms with E-state index < -0.39 is 6.10 Å². The Bertz CT molecular complexity index is 541. The van der Waals surface area contributed by atoms with Gasteiger partial charge in [0.2, 0.25) is 0 Å². The van der Waals surface area contributed by atoms with E-state index in [0.29, 0.717) is 0 Å². The van der Waals surface area contributed by atoms with Crippen LogP contribution in [-0.2, 0) is 5.41 Å². The Kier molecular flexibility index (Phi) is 3.42. The Morgan fingerprint density at radius 1 is 1.21 bits per heavy atom. The summed E-state index contributed by atoms with van der Waals surface area (Å²) in [6.07, 6.45) is 6.29. The second-order valence-corrected chi connectivity index (χ2v) is 6.46. The standard InChI is InChI=1S/C16H19NOS/c1-12(18)14-11-17-15(19-14)16(9-5-6-10-16)13-7-3-2-4-8-13/h2-4,7-8,11-12,18H,5-6,9-10H2,1H3. The van der Waals surface area contributed by atoms with Gasteiger partial charge in [-0.2, -0.15) is 0 Å². The number of hydrogen-bond acceptors (Lipinski definition) is 3. The largest absolute Gasteiger partial charge is 0.388 e. The molecule has 3 rings (SSSR count). The molecule has 0 radical (unpaired) electrons. The van der Waals surface area contributed by atoms with Crippen molar-refractivity contribution >= 4 is 11.3 Å². The molecule has 2 nitrogen and oxygen atoms in total. The van der Waals surface area contributed by atoms with Crippen LogP contribution in [0.2, 0.25) is 0 Å². The molecule has 1 saturated carbocycles. The predicted octanol–water partition coefficient (Wildman–Crippen LogP) is 4.06. The average Bonchev–Trinajstić information content (AvgIpc) is 3.09. The summed E-state index contributed by atoms with van der Waals surface area (Å²) in [5.74, 6) is 0. The lowest BCUT2D eigenvalue weighted by molar-refractivity contribution is 0.203. The summed E-state index contributed by atoms with van der Waals surface area (Å²) >= 11 is 1.67. The van der Waals surface area contributed by atoms with E-state index >= 15 is 0 Å². The second kappa shape index (κ2) is 5.06. The fourth-order valence-corrected chi connectivity index (χ4v) is 4.18. The normalized spacial score (nSPS) is 19.5. The van der Waals surface area contributed by atoms with Crippen molar-refractivity contribution in [1.29, 1.82) is 0 Å². The summed E-state index contributed by atoms with van der Waals surface area (Å²) in [7, 11) is 0. The molecule has 1 N–H and O–H groups in total. The third-order valence-corrected chi connectivity index (χ3v) is 5.50. The predicted molar refractivity (Wildman–Crippen MR) is 78.4 cm³/mol. The minimum Gasteiger partial charge on any atom is -0.388 e. The number of thiazole rings is 1. The Hall–Kier alpha value is -1.19. The first-order valence-corrected chi connectivity index (χ1v) is 7.74. The van der Waals surface area contributed by atoms with E-state index in [1.807, 2.05) is 6.20 Å². The topological polar surface area (TPSA) is 33.1 Å². The van der Waals surface area contributed by atoms with Gasteiger partial charge in [-0.25, -0.2) is 4.98 Å². The minimum absolute atomic E-state index is 0.0824. The molecule has 0 amide bonds. The molecule has 0 aliphatic heterocycles. The lowest BCUT2D eigenvalue weighted by Crippen LogP contribution is -2.23. The molecule has 1 fully saturated rings. The van der Waals surface area contributed by atoms with Crippen molar-refractivity contribution in [3.8, 4) is 0 Å². The number of rotatable bonds is 3. The molecule has 3 heteroatoms. The van der Waals surface area contributed by atoms with Gasteiger partial charge < -0.3 is 5.11 Å². The zero-order chi connectivity index (χ0) is 13.3. The molecule has 0 spiro atoms. The van der Waals surface area contributed by atoms with E-state index in [-0.39, 0.29) is 5.41 Å². The van der Waals surface area contributed by atoms with E-state index in [4.69, 9.17) is 0 Å². The minimum atomic E-state index is -0.416. The molecule has 1 unspecified atom stereocenters. The van der Waals surface area contributed by atoms with Crippen molar-refractivity contribution in [3.63, 3.8) is 0 Å². The van der Waals surface area contributed by atoms with Gasteiger partial charge in [-0.1, -0.05) is 43.2 Å². The van der Waals surface area contributed by atoms with Crippen LogP contribution in [0.5, 0.6) is 0 Å². The molecule has 1 aromatic heterocycles. The highest BCUT2D eigenvalue weighted by Gasteiger charge is 2.39. The zero-order valence-corrected chi connectivity index (χ0v) is 12.0. The van der Waals surface area contributed by atoms with Crippen LogP contribution in [-0.4, -0.2) is 10.1 Å². The van der Waals surface area contributed by atoms with Gasteiger partial charge in [-0.3, -0.25) is 0 Å². The van der Waals surface area contributed by atoms with Crippen molar-refractivity contribution < 1.29 is 5.11 Å². The number of aliphatic hydroxyl groups is 1. The van der Waals surface area contributed by atoms with Gasteiger partial charge in [0.15, 0.2) is 0 Å². The first-order chi connectivity index (χ1) is 9.22. The Labute approximate surface area is 118 Å². The van der Waals surface area contributed by atoms with E-state index in [0.717, 1.165) is 4.88 Å². The molecule has 1 heterocycles. The maximum absolute atomic E-state index is 9.70. The molecule has 1 aromatic carbocycles. The fourth-order valence-electron chi connectivity index (χ4n) is 3.06. The molecule has 1 atom stereocenters. The van der Waals surface area contributed by atoms with E-state index in [1.54, 1.807) is 18.3 Å². The van der Waals surface area contributed by atoms with Gasteiger partial charge in [0, 0.05) is 11.6 Å². The van der Waals surface area contributed by atoms with Crippen molar-refractivity contribution in [3.05, 3.63) is 52.0 Å². The van der Waals surface area contributed by atoms with Crippen LogP contribution in [0.3, 0.4) is 0 Å². The zero-order valence-electron chi connectivity index (χ0n) is 11.2. The van der Waals surface area contributed by atoms with Crippen LogP contribution in [0.4, 0.5) is 0 Å². The van der Waals surface area contributed by atoms with Crippen molar-refractivity contribution in [2.75, 3.05) is 0 Å². The molecule has 100 valence electrons. The van der Waals surface area contributed by atoms with Crippen LogP contribution >= 0.6 is 11.3 Å². The van der Waals surface area contributed by atoms with E-state index in [2.05, 4.69) is 35.3 Å². The summed E-state index contributed by atoms with van der Waals surface area (Å²) < 4.78 is 0. The lowest BCUT2D eigenvalue weighted by atomic mass is 9.79. The Morgan fingerprint density at radius 3 is 2.47 bits per heavy atom. The highest BCUT2D eigenvalue weighted by molar-refractivity contribution is 7.11. The quantitative estimate of drug-likeness (QED) is 0.915. The third kappa shape index (κ3) is 2.21. The van der Waals surface area contributed by atoms with Crippen molar-refractivity contribution in [2.24, 2.45) is 0 Å². The maximum Gasteiger partial charge on any atom is 0.103 e. The molecule has 2 aromatic rings. The molecular formula is C16H19NOS. The highest BCUT2D eigenvalue weighted by atomic mass is 32.1. The summed E-state index contributed by atoms with van der Waals surface area (Å²) in [6, 6.07) is 10.7. The Balaban J connectivity index is 2.05. The Morgan fingerprint density at radius 2 is 1.89 bits per heavy atom. The van der Waals surface area contributed by atoms with Gasteiger partial charge in [-0.15, -0.1) is 11.3 Å².